The van der Waals surface area contributed by atoms with Crippen LogP contribution in [0.5, 0.6) is 0 Å². The van der Waals surface area contributed by atoms with Gasteiger partial charge in [-0.3, -0.25) is 4.79 Å². The van der Waals surface area contributed by atoms with E-state index in [4.69, 9.17) is 0 Å². The maximum atomic E-state index is 12.2. The van der Waals surface area contributed by atoms with E-state index in [0.29, 0.717) is 6.42 Å². The van der Waals surface area contributed by atoms with Crippen LogP contribution in [0, 0.1) is 0 Å². The van der Waals surface area contributed by atoms with Crippen molar-refractivity contribution in [2.45, 2.75) is 43.2 Å². The van der Waals surface area contributed by atoms with Crippen molar-refractivity contribution in [1.29, 1.82) is 0 Å². The number of amides is 1. The van der Waals surface area contributed by atoms with Gasteiger partial charge in [-0.2, -0.15) is 0 Å². The molecule has 0 spiro atoms. The lowest BCUT2D eigenvalue weighted by atomic mass is 9.97. The van der Waals surface area contributed by atoms with Crippen LogP contribution in [0.15, 0.2) is 11.4 Å². The van der Waals surface area contributed by atoms with Crippen molar-refractivity contribution in [3.63, 3.8) is 0 Å². The molecular weight excluding hydrogens is 378 g/mol. The van der Waals surface area contributed by atoms with Crippen LogP contribution in [0.4, 0.5) is 0 Å². The average Bonchev–Trinajstić information content (AvgIpc) is 3.12. The fraction of sp³-hybridized carbons (Fsp3) is 0.562. The van der Waals surface area contributed by atoms with E-state index in [-0.39, 0.29) is 29.2 Å². The molecule has 25 heavy (non-hydrogen) atoms. The number of carbonyl (C=O) groups excluding carboxylic acids is 1. The average molecular weight is 398 g/mol. The number of thiophene rings is 1. The van der Waals surface area contributed by atoms with E-state index in [1.807, 2.05) is 0 Å². The molecule has 0 bridgehead atoms. The van der Waals surface area contributed by atoms with E-state index in [1.165, 1.54) is 35.0 Å². The molecule has 4 rings (SSSR count). The Hall–Kier alpha value is -1.19. The predicted molar refractivity (Wildman–Crippen MR) is 100.0 cm³/mol. The number of aromatic nitrogens is 2. The van der Waals surface area contributed by atoms with Crippen LogP contribution >= 0.6 is 23.1 Å². The molecule has 0 saturated carbocycles. The number of carbonyl (C=O) groups is 1. The third kappa shape index (κ3) is 3.68. The van der Waals surface area contributed by atoms with Crippen LogP contribution in [0.25, 0.3) is 10.2 Å². The summed E-state index contributed by atoms with van der Waals surface area (Å²) >= 11 is 3.16. The predicted octanol–water partition coefficient (Wildman–Crippen LogP) is 1.97. The van der Waals surface area contributed by atoms with Crippen molar-refractivity contribution >= 4 is 49.1 Å². The summed E-state index contributed by atoms with van der Waals surface area (Å²) in [5, 5.41) is 4.80. The van der Waals surface area contributed by atoms with E-state index in [0.717, 1.165) is 28.1 Å². The Morgan fingerprint density at radius 3 is 2.96 bits per heavy atom. The van der Waals surface area contributed by atoms with Crippen LogP contribution in [0.1, 0.15) is 29.7 Å². The Bertz CT molecular complexity index is 923. The van der Waals surface area contributed by atoms with E-state index >= 15 is 0 Å². The number of rotatable bonds is 4. The number of fused-ring (bicyclic) bond motifs is 3. The maximum absolute atomic E-state index is 12.2. The van der Waals surface area contributed by atoms with Crippen molar-refractivity contribution in [2.24, 2.45) is 0 Å². The highest BCUT2D eigenvalue weighted by atomic mass is 32.2. The number of nitrogens with zero attached hydrogens (tertiary/aromatic N) is 2. The van der Waals surface area contributed by atoms with Gasteiger partial charge in [-0.1, -0.05) is 11.8 Å². The largest absolute Gasteiger partial charge is 0.352 e. The summed E-state index contributed by atoms with van der Waals surface area (Å²) in [4.78, 5) is 23.4. The summed E-state index contributed by atoms with van der Waals surface area (Å²) < 4.78 is 23.0. The van der Waals surface area contributed by atoms with E-state index in [2.05, 4.69) is 15.3 Å². The molecule has 3 heterocycles. The highest BCUT2D eigenvalue weighted by Gasteiger charge is 2.29. The number of nitrogens with one attached hydrogen (secondary N) is 1. The molecule has 6 nitrogen and oxygen atoms in total. The molecule has 1 fully saturated rings. The van der Waals surface area contributed by atoms with Crippen LogP contribution in [-0.4, -0.2) is 47.6 Å². The molecule has 2 aromatic rings. The second kappa shape index (κ2) is 6.85. The molecule has 134 valence electrons. The SMILES string of the molecule is O=C(CSc1ncnc2sc3c(c12)CCCC3)NC1CCS(=O)(=O)C1. The van der Waals surface area contributed by atoms with Crippen LogP contribution < -0.4 is 5.32 Å². The van der Waals surface area contributed by atoms with Crippen molar-refractivity contribution in [1.82, 2.24) is 15.3 Å². The zero-order valence-electron chi connectivity index (χ0n) is 13.7. The lowest BCUT2D eigenvalue weighted by Gasteiger charge is -2.12. The van der Waals surface area contributed by atoms with Gasteiger partial charge in [-0.15, -0.1) is 11.3 Å². The summed E-state index contributed by atoms with van der Waals surface area (Å²) in [5.74, 6) is 0.327. The van der Waals surface area contributed by atoms with E-state index in [1.54, 1.807) is 17.7 Å². The first kappa shape index (κ1) is 17.2. The van der Waals surface area contributed by atoms with Gasteiger partial charge in [0.15, 0.2) is 9.84 Å². The standard InChI is InChI=1S/C16H19N3O3S3/c20-13(19-10-5-6-25(21,22)8-10)7-23-15-14-11-3-1-2-4-12(11)24-16(14)18-9-17-15/h9-10H,1-8H2,(H,19,20). The van der Waals surface area contributed by atoms with Gasteiger partial charge < -0.3 is 5.32 Å². The summed E-state index contributed by atoms with van der Waals surface area (Å²) in [6, 6.07) is -0.252. The number of thioether (sulfide) groups is 1. The Balaban J connectivity index is 1.46. The summed E-state index contributed by atoms with van der Waals surface area (Å²) in [5.41, 5.74) is 1.36. The van der Waals surface area contributed by atoms with Gasteiger partial charge in [-0.05, 0) is 37.7 Å². The van der Waals surface area contributed by atoms with E-state index in [9.17, 15) is 13.2 Å². The fourth-order valence-electron chi connectivity index (χ4n) is 3.48. The molecule has 1 aliphatic heterocycles. The van der Waals surface area contributed by atoms with Gasteiger partial charge in [0.25, 0.3) is 0 Å². The maximum Gasteiger partial charge on any atom is 0.230 e. The highest BCUT2D eigenvalue weighted by molar-refractivity contribution is 8.00. The number of sulfone groups is 1. The fourth-order valence-corrected chi connectivity index (χ4v) is 7.29. The zero-order valence-corrected chi connectivity index (χ0v) is 16.1. The molecular formula is C16H19N3O3S3. The minimum atomic E-state index is -2.98. The highest BCUT2D eigenvalue weighted by Crippen LogP contribution is 2.39. The van der Waals surface area contributed by atoms with Gasteiger partial charge in [0, 0.05) is 16.3 Å². The Labute approximate surface area is 154 Å². The summed E-state index contributed by atoms with van der Waals surface area (Å²) in [7, 11) is -2.98. The molecule has 9 heteroatoms. The zero-order chi connectivity index (χ0) is 17.4. The Morgan fingerprint density at radius 2 is 2.16 bits per heavy atom. The second-order valence-corrected chi connectivity index (χ2v) is 10.8. The van der Waals surface area contributed by atoms with Crippen molar-refractivity contribution < 1.29 is 13.2 Å². The molecule has 2 aliphatic rings. The quantitative estimate of drug-likeness (QED) is 0.627. The van der Waals surface area contributed by atoms with Crippen LogP contribution in [0.2, 0.25) is 0 Å². The molecule has 1 atom stereocenters. The molecule has 0 radical (unpaired) electrons. The van der Waals surface area contributed by atoms with Gasteiger partial charge in [0.05, 0.1) is 17.3 Å². The molecule has 1 amide bonds. The summed E-state index contributed by atoms with van der Waals surface area (Å²) in [6.07, 6.45) is 6.65. The Morgan fingerprint density at radius 1 is 1.32 bits per heavy atom. The molecule has 1 unspecified atom stereocenters. The number of aryl methyl sites for hydroxylation is 2. The van der Waals surface area contributed by atoms with Gasteiger partial charge >= 0.3 is 0 Å². The minimum Gasteiger partial charge on any atom is -0.352 e. The van der Waals surface area contributed by atoms with Crippen molar-refractivity contribution in [3.8, 4) is 0 Å². The first-order valence-corrected chi connectivity index (χ1v) is 12.0. The topological polar surface area (TPSA) is 89.0 Å². The molecule has 1 aliphatic carbocycles. The summed E-state index contributed by atoms with van der Waals surface area (Å²) in [6.45, 7) is 0. The molecule has 0 aromatic carbocycles. The lowest BCUT2D eigenvalue weighted by molar-refractivity contribution is -0.119. The minimum absolute atomic E-state index is 0.0548. The lowest BCUT2D eigenvalue weighted by Crippen LogP contribution is -2.36. The second-order valence-electron chi connectivity index (χ2n) is 6.53. The normalized spacial score (nSPS) is 22.0. The number of hydrogen-bond donors (Lipinski definition) is 1. The third-order valence-electron chi connectivity index (χ3n) is 4.65. The van der Waals surface area contributed by atoms with E-state index < -0.39 is 9.84 Å². The molecule has 1 saturated heterocycles. The monoisotopic (exact) mass is 397 g/mol. The van der Waals surface area contributed by atoms with Crippen molar-refractivity contribution in [2.75, 3.05) is 17.3 Å². The third-order valence-corrected chi connectivity index (χ3v) is 8.61. The first-order valence-electron chi connectivity index (χ1n) is 8.40. The molecule has 1 N–H and O–H groups in total. The number of hydrogen-bond acceptors (Lipinski definition) is 7. The van der Waals surface area contributed by atoms with Crippen molar-refractivity contribution in [3.05, 3.63) is 16.8 Å². The Kier molecular flexibility index (Phi) is 4.72. The van der Waals surface area contributed by atoms with Gasteiger partial charge in [-0.25, -0.2) is 18.4 Å². The smallest absolute Gasteiger partial charge is 0.230 e. The molecule has 2 aromatic heterocycles. The van der Waals surface area contributed by atoms with Gasteiger partial charge in [0.2, 0.25) is 5.91 Å². The van der Waals surface area contributed by atoms with Crippen LogP contribution in [0.3, 0.4) is 0 Å². The first-order chi connectivity index (χ1) is 12.0. The van der Waals surface area contributed by atoms with Crippen LogP contribution in [-0.2, 0) is 27.5 Å². The van der Waals surface area contributed by atoms with Gasteiger partial charge in [0.1, 0.15) is 16.2 Å².